The van der Waals surface area contributed by atoms with Gasteiger partial charge < -0.3 is 11.5 Å². The molecule has 0 spiro atoms. The third-order valence-electron chi connectivity index (χ3n) is 3.02. The van der Waals surface area contributed by atoms with Crippen molar-refractivity contribution in [2.45, 2.75) is 6.54 Å². The monoisotopic (exact) mass is 266 g/mol. The highest BCUT2D eigenvalue weighted by Crippen LogP contribution is 2.25. The van der Waals surface area contributed by atoms with E-state index in [0.29, 0.717) is 23.7 Å². The Kier molecular flexibility index (Phi) is 3.04. The highest BCUT2D eigenvalue weighted by atomic mass is 15.5. The van der Waals surface area contributed by atoms with Crippen molar-refractivity contribution < 1.29 is 0 Å². The Morgan fingerprint density at radius 2 is 1.80 bits per heavy atom. The van der Waals surface area contributed by atoms with Crippen molar-refractivity contribution in [3.05, 3.63) is 54.1 Å². The number of tetrazole rings is 1. The molecule has 1 aromatic heterocycles. The van der Waals surface area contributed by atoms with Gasteiger partial charge in [-0.1, -0.05) is 30.3 Å². The third-order valence-corrected chi connectivity index (χ3v) is 3.02. The zero-order chi connectivity index (χ0) is 13.9. The van der Waals surface area contributed by atoms with Gasteiger partial charge in [-0.2, -0.15) is 0 Å². The van der Waals surface area contributed by atoms with Crippen LogP contribution in [0, 0.1) is 0 Å². The zero-order valence-electron chi connectivity index (χ0n) is 10.8. The van der Waals surface area contributed by atoms with Crippen molar-refractivity contribution in [1.29, 1.82) is 0 Å². The SMILES string of the molecule is Nc1ccc(-c2nnnn2Cc2ccccc2)c(N)c1. The van der Waals surface area contributed by atoms with Gasteiger partial charge in [-0.25, -0.2) is 4.68 Å². The Balaban J connectivity index is 1.98. The van der Waals surface area contributed by atoms with Gasteiger partial charge in [-0.3, -0.25) is 0 Å². The molecule has 0 saturated heterocycles. The number of benzene rings is 2. The van der Waals surface area contributed by atoms with Crippen LogP contribution in [0.5, 0.6) is 0 Å². The molecule has 0 bridgehead atoms. The summed E-state index contributed by atoms with van der Waals surface area (Å²) in [6, 6.07) is 15.3. The minimum Gasteiger partial charge on any atom is -0.399 e. The van der Waals surface area contributed by atoms with E-state index in [4.69, 9.17) is 11.5 Å². The molecule has 4 N–H and O–H groups in total. The molecule has 100 valence electrons. The summed E-state index contributed by atoms with van der Waals surface area (Å²) in [5.41, 5.74) is 14.8. The van der Waals surface area contributed by atoms with Crippen LogP contribution in [0.3, 0.4) is 0 Å². The van der Waals surface area contributed by atoms with E-state index < -0.39 is 0 Å². The van der Waals surface area contributed by atoms with Gasteiger partial charge in [0, 0.05) is 16.9 Å². The number of nitrogens with two attached hydrogens (primary N) is 2. The number of aromatic nitrogens is 4. The van der Waals surface area contributed by atoms with E-state index in [1.807, 2.05) is 36.4 Å². The lowest BCUT2D eigenvalue weighted by Crippen LogP contribution is -2.05. The average Bonchev–Trinajstić information content (AvgIpc) is 2.88. The van der Waals surface area contributed by atoms with E-state index in [9.17, 15) is 0 Å². The largest absolute Gasteiger partial charge is 0.399 e. The van der Waals surface area contributed by atoms with Gasteiger partial charge in [0.1, 0.15) is 0 Å². The Hall–Kier alpha value is -2.89. The van der Waals surface area contributed by atoms with E-state index in [2.05, 4.69) is 15.5 Å². The van der Waals surface area contributed by atoms with Crippen LogP contribution in [0.25, 0.3) is 11.4 Å². The van der Waals surface area contributed by atoms with Crippen LogP contribution in [0.2, 0.25) is 0 Å². The van der Waals surface area contributed by atoms with Crippen molar-refractivity contribution in [2.75, 3.05) is 11.5 Å². The summed E-state index contributed by atoms with van der Waals surface area (Å²) in [5, 5.41) is 11.8. The second-order valence-electron chi connectivity index (χ2n) is 4.49. The molecular formula is C14H14N6. The van der Waals surface area contributed by atoms with E-state index in [0.717, 1.165) is 11.1 Å². The van der Waals surface area contributed by atoms with Crippen molar-refractivity contribution in [3.8, 4) is 11.4 Å². The molecular weight excluding hydrogens is 252 g/mol. The van der Waals surface area contributed by atoms with Crippen LogP contribution >= 0.6 is 0 Å². The fourth-order valence-electron chi connectivity index (χ4n) is 2.05. The predicted molar refractivity (Wildman–Crippen MR) is 77.6 cm³/mol. The number of rotatable bonds is 3. The molecule has 6 heteroatoms. The Morgan fingerprint density at radius 1 is 1.00 bits per heavy atom. The third kappa shape index (κ3) is 2.31. The Labute approximate surface area is 116 Å². The van der Waals surface area contributed by atoms with Crippen molar-refractivity contribution >= 4 is 11.4 Å². The van der Waals surface area contributed by atoms with Crippen molar-refractivity contribution in [1.82, 2.24) is 20.2 Å². The normalized spacial score (nSPS) is 10.6. The predicted octanol–water partition coefficient (Wildman–Crippen LogP) is 1.55. The molecule has 0 aliphatic carbocycles. The molecule has 0 aliphatic heterocycles. The molecule has 0 amide bonds. The molecule has 0 unspecified atom stereocenters. The highest BCUT2D eigenvalue weighted by Gasteiger charge is 2.12. The van der Waals surface area contributed by atoms with Crippen LogP contribution in [-0.4, -0.2) is 20.2 Å². The lowest BCUT2D eigenvalue weighted by molar-refractivity contribution is 0.653. The fourth-order valence-corrected chi connectivity index (χ4v) is 2.05. The molecule has 0 saturated carbocycles. The zero-order valence-corrected chi connectivity index (χ0v) is 10.8. The molecule has 6 nitrogen and oxygen atoms in total. The number of hydrogen-bond donors (Lipinski definition) is 2. The first-order valence-corrected chi connectivity index (χ1v) is 6.19. The quantitative estimate of drug-likeness (QED) is 0.701. The number of nitrogens with zero attached hydrogens (tertiary/aromatic N) is 4. The number of nitrogen functional groups attached to an aromatic ring is 2. The maximum atomic E-state index is 5.99. The van der Waals surface area contributed by atoms with E-state index >= 15 is 0 Å². The fraction of sp³-hybridized carbons (Fsp3) is 0.0714. The number of anilines is 2. The second-order valence-corrected chi connectivity index (χ2v) is 4.49. The molecule has 1 heterocycles. The van der Waals surface area contributed by atoms with Crippen LogP contribution < -0.4 is 11.5 Å². The highest BCUT2D eigenvalue weighted by molar-refractivity contribution is 5.74. The summed E-state index contributed by atoms with van der Waals surface area (Å²) in [6.45, 7) is 0.590. The van der Waals surface area contributed by atoms with Crippen LogP contribution in [-0.2, 0) is 6.54 Å². The lowest BCUT2D eigenvalue weighted by atomic mass is 10.1. The van der Waals surface area contributed by atoms with Crippen molar-refractivity contribution in [3.63, 3.8) is 0 Å². The van der Waals surface area contributed by atoms with Gasteiger partial charge in [0.15, 0.2) is 5.82 Å². The van der Waals surface area contributed by atoms with Gasteiger partial charge in [0.25, 0.3) is 0 Å². The van der Waals surface area contributed by atoms with Gasteiger partial charge >= 0.3 is 0 Å². The molecule has 0 fully saturated rings. The van der Waals surface area contributed by atoms with Crippen LogP contribution in [0.4, 0.5) is 11.4 Å². The minimum absolute atomic E-state index is 0.564. The average molecular weight is 266 g/mol. The summed E-state index contributed by atoms with van der Waals surface area (Å²) in [7, 11) is 0. The van der Waals surface area contributed by atoms with Gasteiger partial charge in [-0.15, -0.1) is 5.10 Å². The van der Waals surface area contributed by atoms with Gasteiger partial charge in [0.05, 0.1) is 6.54 Å². The minimum atomic E-state index is 0.564. The Bertz CT molecular complexity index is 720. The first kappa shape index (κ1) is 12.2. The summed E-state index contributed by atoms with van der Waals surface area (Å²) < 4.78 is 1.72. The van der Waals surface area contributed by atoms with Crippen LogP contribution in [0.15, 0.2) is 48.5 Å². The summed E-state index contributed by atoms with van der Waals surface area (Å²) in [5.74, 6) is 0.631. The second kappa shape index (κ2) is 5.00. The summed E-state index contributed by atoms with van der Waals surface area (Å²) in [4.78, 5) is 0. The van der Waals surface area contributed by atoms with E-state index in [-0.39, 0.29) is 0 Å². The first-order chi connectivity index (χ1) is 9.74. The smallest absolute Gasteiger partial charge is 0.184 e. The summed E-state index contributed by atoms with van der Waals surface area (Å²) in [6.07, 6.45) is 0. The molecule has 3 aromatic rings. The maximum Gasteiger partial charge on any atom is 0.184 e. The molecule has 0 atom stereocenters. The summed E-state index contributed by atoms with van der Waals surface area (Å²) >= 11 is 0. The topological polar surface area (TPSA) is 95.6 Å². The van der Waals surface area contributed by atoms with Gasteiger partial charge in [0.2, 0.25) is 0 Å². The maximum absolute atomic E-state index is 5.99. The van der Waals surface area contributed by atoms with Gasteiger partial charge in [-0.05, 0) is 34.2 Å². The molecule has 20 heavy (non-hydrogen) atoms. The standard InChI is InChI=1S/C14H14N6/c15-11-6-7-12(13(16)8-11)14-17-18-19-20(14)9-10-4-2-1-3-5-10/h1-8H,9,15-16H2. The molecule has 0 aliphatic rings. The first-order valence-electron chi connectivity index (χ1n) is 6.19. The molecule has 2 aromatic carbocycles. The lowest BCUT2D eigenvalue weighted by Gasteiger charge is -2.07. The molecule has 0 radical (unpaired) electrons. The number of hydrogen-bond acceptors (Lipinski definition) is 5. The van der Waals surface area contributed by atoms with Crippen LogP contribution in [0.1, 0.15) is 5.56 Å². The van der Waals surface area contributed by atoms with Crippen molar-refractivity contribution in [2.24, 2.45) is 0 Å². The Morgan fingerprint density at radius 3 is 2.55 bits per heavy atom. The molecule has 3 rings (SSSR count). The van der Waals surface area contributed by atoms with E-state index in [1.54, 1.807) is 16.8 Å². The van der Waals surface area contributed by atoms with E-state index in [1.165, 1.54) is 0 Å².